The molecule has 2 heterocycles. The minimum absolute atomic E-state index is 0.0532. The summed E-state index contributed by atoms with van der Waals surface area (Å²) in [6.45, 7) is 11.0. The summed E-state index contributed by atoms with van der Waals surface area (Å²) in [7, 11) is 0. The van der Waals surface area contributed by atoms with E-state index in [-0.39, 0.29) is 30.7 Å². The number of nitrogens with zero attached hydrogens (tertiary/aromatic N) is 2. The number of hydrogen-bond donors (Lipinski definition) is 4. The lowest BCUT2D eigenvalue weighted by Crippen LogP contribution is -2.57. The Balaban J connectivity index is 1.40. The van der Waals surface area contributed by atoms with E-state index in [0.717, 1.165) is 73.3 Å². The van der Waals surface area contributed by atoms with Gasteiger partial charge >= 0.3 is 0 Å². The van der Waals surface area contributed by atoms with Crippen molar-refractivity contribution in [1.29, 1.82) is 0 Å². The molecule has 0 radical (unpaired) electrons. The van der Waals surface area contributed by atoms with Crippen molar-refractivity contribution in [2.45, 2.75) is 110 Å². The molecule has 0 aliphatic carbocycles. The molecule has 3 amide bonds. The third kappa shape index (κ3) is 13.2. The second-order valence-electron chi connectivity index (χ2n) is 13.7. The van der Waals surface area contributed by atoms with Crippen LogP contribution in [0.15, 0.2) is 29.8 Å². The minimum atomic E-state index is -0.817. The smallest absolute Gasteiger partial charge is 0.246 e. The standard InChI is InChI=1S/C36H57N5O6S/c1-26-32(48-25-39-26)28-15-13-27(14-16-28)23-38-34(44)30-22-29(42)24-41(30)35(45)33(36(2,3)4)40-31(43)12-10-8-6-5-7-9-11-18-46-20-21-47-19-17-37/h13-16,25,29-30,33,42H,5-12,17-24,37H2,1-4H3,(H,38,44)(H,40,43)/t29-,30-,33?/m0/s1. The highest BCUT2D eigenvalue weighted by atomic mass is 32.1. The largest absolute Gasteiger partial charge is 0.391 e. The molecule has 0 spiro atoms. The molecule has 1 aliphatic rings. The number of nitrogens with two attached hydrogens (primary N) is 1. The highest BCUT2D eigenvalue weighted by molar-refractivity contribution is 7.13. The Bertz CT molecular complexity index is 1260. The van der Waals surface area contributed by atoms with Gasteiger partial charge in [0.2, 0.25) is 17.7 Å². The molecule has 0 saturated carbocycles. The fourth-order valence-corrected chi connectivity index (χ4v) is 6.60. The molecule has 0 bridgehead atoms. The molecule has 1 aromatic carbocycles. The zero-order chi connectivity index (χ0) is 34.9. The summed E-state index contributed by atoms with van der Waals surface area (Å²) >= 11 is 1.59. The van der Waals surface area contributed by atoms with Crippen molar-refractivity contribution < 1.29 is 29.0 Å². The molecule has 1 unspecified atom stereocenters. The van der Waals surface area contributed by atoms with Crippen LogP contribution >= 0.6 is 11.3 Å². The summed E-state index contributed by atoms with van der Waals surface area (Å²) < 4.78 is 10.8. The number of carbonyl (C=O) groups is 3. The maximum atomic E-state index is 13.8. The molecule has 1 saturated heterocycles. The molecule has 268 valence electrons. The van der Waals surface area contributed by atoms with Gasteiger partial charge in [0, 0.05) is 39.1 Å². The van der Waals surface area contributed by atoms with Crippen LogP contribution in [0.2, 0.25) is 0 Å². The van der Waals surface area contributed by atoms with Crippen LogP contribution in [0.4, 0.5) is 0 Å². The first-order chi connectivity index (χ1) is 23.0. The lowest BCUT2D eigenvalue weighted by Gasteiger charge is -2.35. The summed E-state index contributed by atoms with van der Waals surface area (Å²) in [5.74, 6) is -0.834. The number of β-amino-alcohol motifs (C(OH)–C–C–N with tert-alkyl or cyclic N) is 1. The zero-order valence-corrected chi connectivity index (χ0v) is 30.1. The van der Waals surface area contributed by atoms with Crippen molar-refractivity contribution in [2.75, 3.05) is 39.5 Å². The number of likely N-dealkylation sites (tertiary alicyclic amines) is 1. The number of aromatic nitrogens is 1. The number of nitrogens with one attached hydrogen (secondary N) is 2. The molecule has 1 aliphatic heterocycles. The van der Waals surface area contributed by atoms with E-state index in [4.69, 9.17) is 15.2 Å². The number of thiazole rings is 1. The number of aryl methyl sites for hydroxylation is 1. The fourth-order valence-electron chi connectivity index (χ4n) is 5.79. The average molecular weight is 688 g/mol. The molecular weight excluding hydrogens is 630 g/mol. The number of amides is 3. The molecule has 11 nitrogen and oxygen atoms in total. The van der Waals surface area contributed by atoms with E-state index >= 15 is 0 Å². The van der Waals surface area contributed by atoms with Gasteiger partial charge in [0.1, 0.15) is 12.1 Å². The summed E-state index contributed by atoms with van der Waals surface area (Å²) in [5.41, 5.74) is 9.61. The van der Waals surface area contributed by atoms with Crippen molar-refractivity contribution in [3.63, 3.8) is 0 Å². The van der Waals surface area contributed by atoms with Gasteiger partial charge in [-0.25, -0.2) is 4.98 Å². The fraction of sp³-hybridized carbons (Fsp3) is 0.667. The van der Waals surface area contributed by atoms with Crippen molar-refractivity contribution in [3.8, 4) is 10.4 Å². The number of unbranched alkanes of at least 4 members (excludes halogenated alkanes) is 6. The van der Waals surface area contributed by atoms with Gasteiger partial charge in [-0.1, -0.05) is 77.1 Å². The van der Waals surface area contributed by atoms with Gasteiger partial charge in [-0.2, -0.15) is 0 Å². The lowest BCUT2D eigenvalue weighted by molar-refractivity contribution is -0.144. The van der Waals surface area contributed by atoms with E-state index in [2.05, 4.69) is 15.6 Å². The molecule has 12 heteroatoms. The van der Waals surface area contributed by atoms with Crippen LogP contribution < -0.4 is 16.4 Å². The first kappa shape index (κ1) is 39.5. The Morgan fingerprint density at radius 2 is 1.65 bits per heavy atom. The minimum Gasteiger partial charge on any atom is -0.391 e. The van der Waals surface area contributed by atoms with E-state index in [1.165, 1.54) is 4.90 Å². The molecular formula is C36H57N5O6S. The number of rotatable bonds is 21. The predicted molar refractivity (Wildman–Crippen MR) is 189 cm³/mol. The Morgan fingerprint density at radius 1 is 1.00 bits per heavy atom. The monoisotopic (exact) mass is 687 g/mol. The number of hydrogen-bond acceptors (Lipinski definition) is 9. The van der Waals surface area contributed by atoms with Crippen molar-refractivity contribution >= 4 is 29.1 Å². The van der Waals surface area contributed by atoms with Gasteiger partial charge in [0.05, 0.1) is 42.0 Å². The normalized spacial score (nSPS) is 17.0. The Labute approximate surface area is 290 Å². The molecule has 3 atom stereocenters. The van der Waals surface area contributed by atoms with Gasteiger partial charge < -0.3 is 35.8 Å². The first-order valence-corrected chi connectivity index (χ1v) is 18.3. The summed E-state index contributed by atoms with van der Waals surface area (Å²) in [6.07, 6.45) is 6.84. The van der Waals surface area contributed by atoms with E-state index in [0.29, 0.717) is 39.3 Å². The van der Waals surface area contributed by atoms with Crippen LogP contribution in [0.5, 0.6) is 0 Å². The van der Waals surface area contributed by atoms with Crippen LogP contribution in [-0.2, 0) is 30.4 Å². The molecule has 5 N–H and O–H groups in total. The highest BCUT2D eigenvalue weighted by Crippen LogP contribution is 2.28. The number of benzene rings is 1. The Hall–Kier alpha value is -2.90. The van der Waals surface area contributed by atoms with E-state index in [1.54, 1.807) is 11.3 Å². The number of carbonyl (C=O) groups excluding carboxylic acids is 3. The van der Waals surface area contributed by atoms with Crippen LogP contribution in [0, 0.1) is 12.3 Å². The molecule has 3 rings (SSSR count). The number of ether oxygens (including phenoxy) is 2. The number of aliphatic hydroxyl groups excluding tert-OH is 1. The lowest BCUT2D eigenvalue weighted by atomic mass is 9.85. The molecule has 2 aromatic rings. The number of aliphatic hydroxyl groups is 1. The van der Waals surface area contributed by atoms with Crippen LogP contribution in [0.25, 0.3) is 10.4 Å². The highest BCUT2D eigenvalue weighted by Gasteiger charge is 2.44. The summed E-state index contributed by atoms with van der Waals surface area (Å²) in [6, 6.07) is 6.33. The second kappa shape index (κ2) is 20.6. The Kier molecular flexibility index (Phi) is 16.9. The average Bonchev–Trinajstić information content (AvgIpc) is 3.67. The first-order valence-electron chi connectivity index (χ1n) is 17.4. The van der Waals surface area contributed by atoms with Crippen LogP contribution in [0.3, 0.4) is 0 Å². The van der Waals surface area contributed by atoms with Crippen molar-refractivity contribution in [1.82, 2.24) is 20.5 Å². The maximum absolute atomic E-state index is 13.8. The third-order valence-electron chi connectivity index (χ3n) is 8.54. The Morgan fingerprint density at radius 3 is 2.27 bits per heavy atom. The predicted octanol–water partition coefficient (Wildman–Crippen LogP) is 4.34. The SMILES string of the molecule is Cc1ncsc1-c1ccc(CNC(=O)[C@@H]2C[C@H](O)CN2C(=O)C(NC(=O)CCCCCCCCCOCCOCCN)C(C)(C)C)cc1. The summed E-state index contributed by atoms with van der Waals surface area (Å²) in [5, 5.41) is 16.4. The van der Waals surface area contributed by atoms with Gasteiger partial charge in [-0.15, -0.1) is 11.3 Å². The molecule has 1 fully saturated rings. The van der Waals surface area contributed by atoms with Crippen molar-refractivity contribution in [2.24, 2.45) is 11.1 Å². The van der Waals surface area contributed by atoms with Gasteiger partial charge in [-0.3, -0.25) is 14.4 Å². The van der Waals surface area contributed by atoms with Gasteiger partial charge in [0.25, 0.3) is 0 Å². The van der Waals surface area contributed by atoms with E-state index in [9.17, 15) is 19.5 Å². The van der Waals surface area contributed by atoms with Crippen molar-refractivity contribution in [3.05, 3.63) is 41.0 Å². The zero-order valence-electron chi connectivity index (χ0n) is 29.3. The quantitative estimate of drug-likeness (QED) is 0.141. The van der Waals surface area contributed by atoms with E-state index < -0.39 is 23.6 Å². The third-order valence-corrected chi connectivity index (χ3v) is 9.52. The van der Waals surface area contributed by atoms with Crippen LogP contribution in [-0.4, -0.2) is 90.4 Å². The van der Waals surface area contributed by atoms with Crippen LogP contribution in [0.1, 0.15) is 89.8 Å². The molecule has 48 heavy (non-hydrogen) atoms. The second-order valence-corrected chi connectivity index (χ2v) is 14.5. The maximum Gasteiger partial charge on any atom is 0.246 e. The van der Waals surface area contributed by atoms with E-state index in [1.807, 2.05) is 57.5 Å². The van der Waals surface area contributed by atoms with Gasteiger partial charge in [-0.05, 0) is 36.3 Å². The summed E-state index contributed by atoms with van der Waals surface area (Å²) in [4.78, 5) is 47.0. The molecule has 1 aromatic heterocycles. The topological polar surface area (TPSA) is 156 Å². The van der Waals surface area contributed by atoms with Gasteiger partial charge in [0.15, 0.2) is 0 Å².